The highest BCUT2D eigenvalue weighted by atomic mass is 31.2. The van der Waals surface area contributed by atoms with Crippen LogP contribution in [-0.2, 0) is 9.09 Å². The Labute approximate surface area is 86.6 Å². The first-order valence-corrected chi connectivity index (χ1v) is 6.08. The summed E-state index contributed by atoms with van der Waals surface area (Å²) in [6.45, 7) is -0.482. The number of hydrogen-bond acceptors (Lipinski definition) is 5. The highest BCUT2D eigenvalue weighted by Crippen LogP contribution is 2.38. The Hall–Kier alpha value is -0.0100. The Morgan fingerprint density at radius 2 is 1.67 bits per heavy atom. The van der Waals surface area contributed by atoms with Crippen molar-refractivity contribution >= 4 is 7.82 Å². The van der Waals surface area contributed by atoms with Gasteiger partial charge < -0.3 is 25.1 Å². The summed E-state index contributed by atoms with van der Waals surface area (Å²) in [5.41, 5.74) is 0. The van der Waals surface area contributed by atoms with Crippen LogP contribution in [0.5, 0.6) is 0 Å². The van der Waals surface area contributed by atoms with Crippen LogP contribution in [0.1, 0.15) is 12.8 Å². The van der Waals surface area contributed by atoms with Crippen molar-refractivity contribution in [1.82, 2.24) is 0 Å². The fourth-order valence-electron chi connectivity index (χ4n) is 1.63. The molecule has 2 unspecified atom stereocenters. The van der Waals surface area contributed by atoms with Crippen LogP contribution in [0.2, 0.25) is 0 Å². The van der Waals surface area contributed by atoms with Crippen LogP contribution in [-0.4, -0.2) is 50.0 Å². The van der Waals surface area contributed by atoms with Gasteiger partial charge in [-0.3, -0.25) is 4.52 Å². The van der Waals surface area contributed by atoms with Gasteiger partial charge in [-0.15, -0.1) is 0 Å². The van der Waals surface area contributed by atoms with Gasteiger partial charge in [-0.2, -0.15) is 0 Å². The fraction of sp³-hybridized carbons (Fsp3) is 1.00. The smallest absolute Gasteiger partial charge is 0.393 e. The van der Waals surface area contributed by atoms with Gasteiger partial charge in [0.25, 0.3) is 0 Å². The first-order valence-electron chi connectivity index (χ1n) is 4.55. The van der Waals surface area contributed by atoms with E-state index in [4.69, 9.17) is 9.79 Å². The summed E-state index contributed by atoms with van der Waals surface area (Å²) in [5, 5.41) is 28.2. The third-order valence-electron chi connectivity index (χ3n) is 2.52. The van der Waals surface area contributed by atoms with Crippen LogP contribution >= 0.6 is 7.82 Å². The molecule has 1 saturated carbocycles. The minimum Gasteiger partial charge on any atom is -0.393 e. The van der Waals surface area contributed by atoms with E-state index in [0.717, 1.165) is 0 Å². The third kappa shape index (κ3) is 3.81. The van der Waals surface area contributed by atoms with E-state index in [1.807, 2.05) is 0 Å². The maximum atomic E-state index is 10.4. The number of rotatable bonds is 3. The Kier molecular flexibility index (Phi) is 4.25. The van der Waals surface area contributed by atoms with Gasteiger partial charge in [-0.25, -0.2) is 4.57 Å². The zero-order valence-electron chi connectivity index (χ0n) is 7.93. The molecule has 0 heterocycles. The molecule has 0 aliphatic heterocycles. The second kappa shape index (κ2) is 4.88. The molecule has 4 atom stereocenters. The zero-order valence-corrected chi connectivity index (χ0v) is 8.82. The summed E-state index contributed by atoms with van der Waals surface area (Å²) < 4.78 is 14.6. The van der Waals surface area contributed by atoms with E-state index in [2.05, 4.69) is 4.52 Å². The van der Waals surface area contributed by atoms with Crippen molar-refractivity contribution in [3.63, 3.8) is 0 Å². The molecule has 90 valence electrons. The van der Waals surface area contributed by atoms with Crippen LogP contribution < -0.4 is 0 Å². The van der Waals surface area contributed by atoms with Gasteiger partial charge in [-0.1, -0.05) is 0 Å². The molecule has 0 aromatic rings. The van der Waals surface area contributed by atoms with E-state index in [9.17, 15) is 19.9 Å². The molecular formula is C7H15O7P. The Bertz CT molecular complexity index is 252. The van der Waals surface area contributed by atoms with Gasteiger partial charge in [0.15, 0.2) is 0 Å². The van der Waals surface area contributed by atoms with Crippen LogP contribution in [0, 0.1) is 5.92 Å². The standard InChI is InChI=1S/C7H15O7P/c8-5-1-2-6(9)7(10)4(5)3-14-15(11,12)13/h4-10H,1-3H2,(H2,11,12,13)/t4?,5?,6-,7-/m1/s1. The molecule has 1 aliphatic carbocycles. The van der Waals surface area contributed by atoms with Crippen molar-refractivity contribution in [2.75, 3.05) is 6.61 Å². The molecule has 8 heteroatoms. The predicted molar refractivity (Wildman–Crippen MR) is 48.7 cm³/mol. The Morgan fingerprint density at radius 1 is 1.13 bits per heavy atom. The molecule has 1 rings (SSSR count). The normalized spacial score (nSPS) is 37.9. The number of phosphoric acid groups is 1. The SMILES string of the molecule is O=P(O)(O)OCC1C(O)CC[C@@H](O)[C@@H]1O. The topological polar surface area (TPSA) is 127 Å². The van der Waals surface area contributed by atoms with E-state index in [1.54, 1.807) is 0 Å². The van der Waals surface area contributed by atoms with Gasteiger partial charge in [-0.05, 0) is 12.8 Å². The van der Waals surface area contributed by atoms with Gasteiger partial charge in [0.2, 0.25) is 0 Å². The molecule has 15 heavy (non-hydrogen) atoms. The van der Waals surface area contributed by atoms with Crippen LogP contribution in [0.15, 0.2) is 0 Å². The molecule has 0 saturated heterocycles. The molecule has 7 nitrogen and oxygen atoms in total. The second-order valence-corrected chi connectivity index (χ2v) is 4.89. The van der Waals surface area contributed by atoms with Crippen molar-refractivity contribution in [1.29, 1.82) is 0 Å². The van der Waals surface area contributed by atoms with Crippen molar-refractivity contribution in [3.8, 4) is 0 Å². The molecule has 0 aromatic heterocycles. The maximum Gasteiger partial charge on any atom is 0.469 e. The predicted octanol–water partition coefficient (Wildman–Crippen LogP) is -1.41. The molecular weight excluding hydrogens is 227 g/mol. The summed E-state index contributed by atoms with van der Waals surface area (Å²) in [6.07, 6.45) is -2.60. The van der Waals surface area contributed by atoms with E-state index in [0.29, 0.717) is 0 Å². The minimum absolute atomic E-state index is 0.259. The van der Waals surface area contributed by atoms with E-state index >= 15 is 0 Å². The lowest BCUT2D eigenvalue weighted by molar-refractivity contribution is -0.107. The molecule has 0 bridgehead atoms. The second-order valence-electron chi connectivity index (χ2n) is 3.65. The minimum atomic E-state index is -4.61. The first kappa shape index (κ1) is 13.1. The van der Waals surface area contributed by atoms with E-state index in [-0.39, 0.29) is 12.8 Å². The highest BCUT2D eigenvalue weighted by Gasteiger charge is 2.38. The van der Waals surface area contributed by atoms with Gasteiger partial charge in [0, 0.05) is 5.92 Å². The lowest BCUT2D eigenvalue weighted by atomic mass is 9.83. The molecule has 5 N–H and O–H groups in total. The maximum absolute atomic E-state index is 10.4. The molecule has 1 aliphatic rings. The van der Waals surface area contributed by atoms with Gasteiger partial charge in [0.1, 0.15) is 0 Å². The molecule has 1 fully saturated rings. The average molecular weight is 242 g/mol. The summed E-state index contributed by atoms with van der Waals surface area (Å²) in [4.78, 5) is 16.9. The molecule has 0 radical (unpaired) electrons. The summed E-state index contributed by atoms with van der Waals surface area (Å²) in [6, 6.07) is 0. The number of aliphatic hydroxyl groups excluding tert-OH is 3. The molecule has 0 spiro atoms. The van der Waals surface area contributed by atoms with E-state index in [1.165, 1.54) is 0 Å². The first-order chi connectivity index (χ1) is 6.81. The summed E-state index contributed by atoms with van der Waals surface area (Å²) in [5.74, 6) is -0.874. The summed E-state index contributed by atoms with van der Waals surface area (Å²) in [7, 11) is -4.61. The van der Waals surface area contributed by atoms with Crippen LogP contribution in [0.3, 0.4) is 0 Å². The number of hydrogen-bond donors (Lipinski definition) is 5. The zero-order chi connectivity index (χ0) is 11.6. The third-order valence-corrected chi connectivity index (χ3v) is 3.01. The lowest BCUT2D eigenvalue weighted by Gasteiger charge is -2.35. The van der Waals surface area contributed by atoms with Crippen LogP contribution in [0.4, 0.5) is 0 Å². The van der Waals surface area contributed by atoms with Crippen LogP contribution in [0.25, 0.3) is 0 Å². The van der Waals surface area contributed by atoms with Crippen molar-refractivity contribution in [3.05, 3.63) is 0 Å². The number of phosphoric ester groups is 1. The van der Waals surface area contributed by atoms with Crippen molar-refractivity contribution in [2.45, 2.75) is 31.2 Å². The van der Waals surface area contributed by atoms with Gasteiger partial charge >= 0.3 is 7.82 Å². The average Bonchev–Trinajstić information content (AvgIpc) is 2.10. The van der Waals surface area contributed by atoms with Gasteiger partial charge in [0.05, 0.1) is 24.9 Å². The fourth-order valence-corrected chi connectivity index (χ4v) is 2.00. The quantitative estimate of drug-likeness (QED) is 0.384. The van der Waals surface area contributed by atoms with E-state index < -0.39 is 38.7 Å². The monoisotopic (exact) mass is 242 g/mol. The molecule has 0 aromatic carbocycles. The van der Waals surface area contributed by atoms with Crippen molar-refractivity contribution < 1.29 is 34.2 Å². The summed E-state index contributed by atoms with van der Waals surface area (Å²) >= 11 is 0. The Morgan fingerprint density at radius 3 is 2.20 bits per heavy atom. The number of aliphatic hydroxyl groups is 3. The largest absolute Gasteiger partial charge is 0.469 e. The Balaban J connectivity index is 2.54. The highest BCUT2D eigenvalue weighted by molar-refractivity contribution is 7.46. The molecule has 0 amide bonds. The lowest BCUT2D eigenvalue weighted by Crippen LogP contribution is -2.46. The van der Waals surface area contributed by atoms with Crippen molar-refractivity contribution in [2.24, 2.45) is 5.92 Å².